The van der Waals surface area contributed by atoms with Crippen molar-refractivity contribution in [2.75, 3.05) is 5.32 Å². The van der Waals surface area contributed by atoms with Gasteiger partial charge in [-0.3, -0.25) is 4.79 Å². The van der Waals surface area contributed by atoms with Crippen molar-refractivity contribution >= 4 is 33.1 Å². The molecule has 1 amide bonds. The van der Waals surface area contributed by atoms with E-state index in [0.29, 0.717) is 5.57 Å². The summed E-state index contributed by atoms with van der Waals surface area (Å²) in [5.41, 5.74) is 2.30. The third-order valence-corrected chi connectivity index (χ3v) is 3.43. The molecule has 1 heterocycles. The third kappa shape index (κ3) is 2.65. The first-order valence-corrected chi connectivity index (χ1v) is 6.39. The first kappa shape index (κ1) is 12.5. The molecule has 0 spiro atoms. The van der Waals surface area contributed by atoms with Crippen molar-refractivity contribution in [2.45, 2.75) is 13.8 Å². The van der Waals surface area contributed by atoms with Gasteiger partial charge in [-0.2, -0.15) is 0 Å². The number of benzene rings is 1. The van der Waals surface area contributed by atoms with Crippen LogP contribution in [0.1, 0.15) is 11.9 Å². The molecule has 92 valence electrons. The fraction of sp³-hybridized carbons (Fsp3) is 0.143. The number of carbonyl (C=O) groups is 1. The van der Waals surface area contributed by atoms with Crippen LogP contribution in [-0.4, -0.2) is 10.9 Å². The van der Waals surface area contributed by atoms with Gasteiger partial charge in [0, 0.05) is 11.3 Å². The number of carbonyl (C=O) groups excluding carboxylic acids is 1. The number of hydrogen-bond donors (Lipinski definition) is 1. The molecule has 0 bridgehead atoms. The van der Waals surface area contributed by atoms with Gasteiger partial charge in [0.2, 0.25) is 0 Å². The lowest BCUT2D eigenvalue weighted by molar-refractivity contribution is -0.112. The predicted molar refractivity (Wildman–Crippen MR) is 76.9 cm³/mol. The molecule has 0 atom stereocenters. The molecule has 4 heteroatoms. The molecule has 0 fully saturated rings. The Morgan fingerprint density at radius 1 is 1.50 bits per heavy atom. The van der Waals surface area contributed by atoms with E-state index in [2.05, 4.69) is 16.9 Å². The Hall–Kier alpha value is -1.94. The monoisotopic (exact) mass is 258 g/mol. The van der Waals surface area contributed by atoms with Crippen LogP contribution < -0.4 is 5.32 Å². The number of aromatic nitrogens is 1. The fourth-order valence-electron chi connectivity index (χ4n) is 1.60. The highest BCUT2D eigenvalue weighted by atomic mass is 32.1. The maximum Gasteiger partial charge on any atom is 0.251 e. The topological polar surface area (TPSA) is 42.0 Å². The van der Waals surface area contributed by atoms with E-state index in [4.69, 9.17) is 0 Å². The van der Waals surface area contributed by atoms with Crippen LogP contribution in [-0.2, 0) is 4.79 Å². The Kier molecular flexibility index (Phi) is 3.58. The van der Waals surface area contributed by atoms with Crippen LogP contribution in [0.15, 0.2) is 42.5 Å². The number of hydrogen-bond acceptors (Lipinski definition) is 3. The average Bonchev–Trinajstić information content (AvgIpc) is 2.68. The first-order valence-electron chi connectivity index (χ1n) is 5.58. The summed E-state index contributed by atoms with van der Waals surface area (Å²) in [6.45, 7) is 7.29. The highest BCUT2D eigenvalue weighted by Crippen LogP contribution is 2.24. The standard InChI is InChI=1S/C14H14N2OS/c1-4-5-9(2)14(17)16-11-6-7-13-12(8-11)15-10(3)18-13/h4-8H,1H2,2-3H3,(H,16,17)/b9-5+. The van der Waals surface area contributed by atoms with Crippen molar-refractivity contribution in [1.82, 2.24) is 4.98 Å². The van der Waals surface area contributed by atoms with Crippen LogP contribution in [0.5, 0.6) is 0 Å². The van der Waals surface area contributed by atoms with E-state index in [1.807, 2.05) is 25.1 Å². The molecular weight excluding hydrogens is 244 g/mol. The summed E-state index contributed by atoms with van der Waals surface area (Å²) in [5, 5.41) is 3.86. The van der Waals surface area contributed by atoms with Crippen molar-refractivity contribution in [3.63, 3.8) is 0 Å². The highest BCUT2D eigenvalue weighted by molar-refractivity contribution is 7.18. The second-order valence-corrected chi connectivity index (χ2v) is 5.19. The van der Waals surface area contributed by atoms with Gasteiger partial charge in [0.25, 0.3) is 5.91 Å². The van der Waals surface area contributed by atoms with Crippen LogP contribution in [0.25, 0.3) is 10.2 Å². The second kappa shape index (κ2) is 5.14. The fourth-order valence-corrected chi connectivity index (χ4v) is 2.41. The van der Waals surface area contributed by atoms with E-state index in [1.165, 1.54) is 0 Å². The van der Waals surface area contributed by atoms with Crippen LogP contribution in [0, 0.1) is 6.92 Å². The minimum absolute atomic E-state index is 0.124. The molecule has 0 saturated carbocycles. The van der Waals surface area contributed by atoms with E-state index in [0.717, 1.165) is 20.9 Å². The number of nitrogens with zero attached hydrogens (tertiary/aromatic N) is 1. The molecule has 1 aromatic heterocycles. The minimum atomic E-state index is -0.124. The lowest BCUT2D eigenvalue weighted by Crippen LogP contribution is -2.12. The summed E-state index contributed by atoms with van der Waals surface area (Å²) in [6.07, 6.45) is 3.28. The largest absolute Gasteiger partial charge is 0.322 e. The third-order valence-electron chi connectivity index (χ3n) is 2.48. The Labute approximate surface area is 110 Å². The molecule has 1 N–H and O–H groups in total. The number of amides is 1. The van der Waals surface area contributed by atoms with Gasteiger partial charge in [-0.25, -0.2) is 4.98 Å². The van der Waals surface area contributed by atoms with Gasteiger partial charge >= 0.3 is 0 Å². The van der Waals surface area contributed by atoms with E-state index >= 15 is 0 Å². The summed E-state index contributed by atoms with van der Waals surface area (Å²) < 4.78 is 1.13. The van der Waals surface area contributed by atoms with Gasteiger partial charge < -0.3 is 5.32 Å². The zero-order valence-corrected chi connectivity index (χ0v) is 11.2. The van der Waals surface area contributed by atoms with Crippen LogP contribution >= 0.6 is 11.3 Å². The molecule has 0 unspecified atom stereocenters. The molecule has 2 rings (SSSR count). The zero-order valence-electron chi connectivity index (χ0n) is 10.4. The normalized spacial score (nSPS) is 11.6. The van der Waals surface area contributed by atoms with Crippen LogP contribution in [0.4, 0.5) is 5.69 Å². The Balaban J connectivity index is 2.24. The first-order chi connectivity index (χ1) is 8.60. The molecule has 2 aromatic rings. The molecule has 1 aromatic carbocycles. The summed E-state index contributed by atoms with van der Waals surface area (Å²) in [5.74, 6) is -0.124. The summed E-state index contributed by atoms with van der Waals surface area (Å²) in [6, 6.07) is 5.75. The van der Waals surface area contributed by atoms with E-state index in [9.17, 15) is 4.79 Å². The van der Waals surface area contributed by atoms with E-state index in [1.54, 1.807) is 30.4 Å². The maximum absolute atomic E-state index is 11.8. The SMILES string of the molecule is C=C/C=C(\C)C(=O)Nc1ccc2sc(C)nc2c1. The number of fused-ring (bicyclic) bond motifs is 1. The number of nitrogens with one attached hydrogen (secondary N) is 1. The molecule has 0 aliphatic heterocycles. The summed E-state index contributed by atoms with van der Waals surface area (Å²) in [4.78, 5) is 16.2. The molecule has 0 radical (unpaired) electrons. The Morgan fingerprint density at radius 2 is 2.28 bits per heavy atom. The van der Waals surface area contributed by atoms with Crippen molar-refractivity contribution in [3.05, 3.63) is 47.5 Å². The Bertz CT molecular complexity index is 640. The number of aryl methyl sites for hydroxylation is 1. The van der Waals surface area contributed by atoms with Gasteiger partial charge in [0.1, 0.15) is 0 Å². The molecule has 0 saturated heterocycles. The van der Waals surface area contributed by atoms with Crippen molar-refractivity contribution < 1.29 is 4.79 Å². The van der Waals surface area contributed by atoms with Gasteiger partial charge in [0.15, 0.2) is 0 Å². The Morgan fingerprint density at radius 3 is 3.00 bits per heavy atom. The number of anilines is 1. The zero-order chi connectivity index (χ0) is 13.1. The quantitative estimate of drug-likeness (QED) is 0.674. The molecule has 3 nitrogen and oxygen atoms in total. The lowest BCUT2D eigenvalue weighted by Gasteiger charge is -2.04. The average molecular weight is 258 g/mol. The van der Waals surface area contributed by atoms with Crippen molar-refractivity contribution in [3.8, 4) is 0 Å². The smallest absolute Gasteiger partial charge is 0.251 e. The molecular formula is C14H14N2OS. The van der Waals surface area contributed by atoms with Gasteiger partial charge in [-0.1, -0.05) is 18.7 Å². The van der Waals surface area contributed by atoms with Crippen LogP contribution in [0.2, 0.25) is 0 Å². The minimum Gasteiger partial charge on any atom is -0.322 e. The number of thiazole rings is 1. The van der Waals surface area contributed by atoms with E-state index in [-0.39, 0.29) is 5.91 Å². The maximum atomic E-state index is 11.8. The van der Waals surface area contributed by atoms with Gasteiger partial charge in [-0.05, 0) is 32.0 Å². The van der Waals surface area contributed by atoms with Gasteiger partial charge in [-0.15, -0.1) is 11.3 Å². The summed E-state index contributed by atoms with van der Waals surface area (Å²) in [7, 11) is 0. The molecule has 0 aliphatic rings. The van der Waals surface area contributed by atoms with Crippen LogP contribution in [0.3, 0.4) is 0 Å². The predicted octanol–water partition coefficient (Wildman–Crippen LogP) is 3.68. The lowest BCUT2D eigenvalue weighted by atomic mass is 10.2. The number of rotatable bonds is 3. The second-order valence-electron chi connectivity index (χ2n) is 3.95. The van der Waals surface area contributed by atoms with Gasteiger partial charge in [0.05, 0.1) is 15.2 Å². The van der Waals surface area contributed by atoms with E-state index < -0.39 is 0 Å². The highest BCUT2D eigenvalue weighted by Gasteiger charge is 2.06. The van der Waals surface area contributed by atoms with Crippen molar-refractivity contribution in [1.29, 1.82) is 0 Å². The molecule has 0 aliphatic carbocycles. The molecule has 18 heavy (non-hydrogen) atoms. The van der Waals surface area contributed by atoms with Crippen molar-refractivity contribution in [2.24, 2.45) is 0 Å². The number of allylic oxidation sites excluding steroid dienone is 2. The summed E-state index contributed by atoms with van der Waals surface area (Å²) >= 11 is 1.65.